The lowest BCUT2D eigenvalue weighted by atomic mass is 10.2. The van der Waals surface area contributed by atoms with E-state index in [9.17, 15) is 0 Å². The van der Waals surface area contributed by atoms with Crippen LogP contribution in [0.3, 0.4) is 0 Å². The van der Waals surface area contributed by atoms with Gasteiger partial charge in [-0.1, -0.05) is 6.92 Å². The molecule has 0 rings (SSSR count). The summed E-state index contributed by atoms with van der Waals surface area (Å²) in [5.41, 5.74) is 0. The summed E-state index contributed by atoms with van der Waals surface area (Å²) in [6.07, 6.45) is 5.14. The maximum absolute atomic E-state index is 5.74. The molecular formula is C13H30N2O. The van der Waals surface area contributed by atoms with Crippen LogP contribution in [0.15, 0.2) is 0 Å². The zero-order chi connectivity index (χ0) is 12.2. The maximum Gasteiger partial charge on any atom is 0.0547 e. The Kier molecular flexibility index (Phi) is 11.3. The highest BCUT2D eigenvalue weighted by atomic mass is 16.5. The molecule has 0 fully saturated rings. The van der Waals surface area contributed by atoms with Crippen molar-refractivity contribution in [3.05, 3.63) is 0 Å². The average Bonchev–Trinajstić information content (AvgIpc) is 2.24. The summed E-state index contributed by atoms with van der Waals surface area (Å²) in [5, 5.41) is 3.41. The second-order valence-electron chi connectivity index (χ2n) is 4.73. The van der Waals surface area contributed by atoms with Crippen LogP contribution in [-0.4, -0.2) is 51.3 Å². The fourth-order valence-electron chi connectivity index (χ4n) is 1.56. The van der Waals surface area contributed by atoms with Crippen molar-refractivity contribution in [3.63, 3.8) is 0 Å². The van der Waals surface area contributed by atoms with Gasteiger partial charge >= 0.3 is 0 Å². The van der Waals surface area contributed by atoms with Gasteiger partial charge in [-0.15, -0.1) is 0 Å². The van der Waals surface area contributed by atoms with E-state index >= 15 is 0 Å². The minimum absolute atomic E-state index is 0.408. The normalized spacial score (nSPS) is 13.3. The molecule has 0 radical (unpaired) electrons. The molecule has 0 aromatic heterocycles. The Balaban J connectivity index is 3.15. The quantitative estimate of drug-likeness (QED) is 0.550. The highest BCUT2D eigenvalue weighted by Crippen LogP contribution is 2.01. The van der Waals surface area contributed by atoms with Gasteiger partial charge in [0.2, 0.25) is 0 Å². The second kappa shape index (κ2) is 11.4. The van der Waals surface area contributed by atoms with Gasteiger partial charge < -0.3 is 15.0 Å². The molecule has 1 N–H and O–H groups in total. The topological polar surface area (TPSA) is 24.5 Å². The van der Waals surface area contributed by atoms with Crippen molar-refractivity contribution in [3.8, 4) is 0 Å². The summed E-state index contributed by atoms with van der Waals surface area (Å²) in [6.45, 7) is 8.64. The summed E-state index contributed by atoms with van der Waals surface area (Å²) in [7, 11) is 4.20. The van der Waals surface area contributed by atoms with Crippen molar-refractivity contribution >= 4 is 0 Å². The molecule has 0 aliphatic carbocycles. The van der Waals surface area contributed by atoms with E-state index in [-0.39, 0.29) is 0 Å². The van der Waals surface area contributed by atoms with Crippen molar-refractivity contribution in [2.75, 3.05) is 40.3 Å². The van der Waals surface area contributed by atoms with E-state index in [0.29, 0.717) is 6.10 Å². The molecule has 98 valence electrons. The summed E-state index contributed by atoms with van der Waals surface area (Å²) >= 11 is 0. The maximum atomic E-state index is 5.74. The van der Waals surface area contributed by atoms with E-state index in [1.807, 2.05) is 0 Å². The molecule has 0 spiro atoms. The van der Waals surface area contributed by atoms with Gasteiger partial charge in [-0.25, -0.2) is 0 Å². The summed E-state index contributed by atoms with van der Waals surface area (Å²) in [4.78, 5) is 2.20. The third-order valence-corrected chi connectivity index (χ3v) is 2.54. The van der Waals surface area contributed by atoms with Gasteiger partial charge in [0.05, 0.1) is 6.10 Å². The Morgan fingerprint density at radius 1 is 1.19 bits per heavy atom. The van der Waals surface area contributed by atoms with Crippen molar-refractivity contribution in [2.24, 2.45) is 0 Å². The van der Waals surface area contributed by atoms with E-state index in [1.54, 1.807) is 0 Å². The van der Waals surface area contributed by atoms with Crippen LogP contribution in [0, 0.1) is 0 Å². The minimum atomic E-state index is 0.408. The van der Waals surface area contributed by atoms with Gasteiger partial charge in [0, 0.05) is 6.61 Å². The molecule has 0 aliphatic rings. The van der Waals surface area contributed by atoms with Crippen molar-refractivity contribution in [2.45, 2.75) is 45.6 Å². The van der Waals surface area contributed by atoms with Crippen LogP contribution in [0.5, 0.6) is 0 Å². The standard InChI is InChI=1S/C13H30N2O/c1-5-9-14-10-6-8-13(2)16-12-7-11-15(3)4/h13-14H,5-12H2,1-4H3. The lowest BCUT2D eigenvalue weighted by molar-refractivity contribution is 0.0543. The monoisotopic (exact) mass is 230 g/mol. The number of nitrogens with one attached hydrogen (secondary N) is 1. The molecule has 0 saturated heterocycles. The zero-order valence-electron chi connectivity index (χ0n) is 11.6. The lowest BCUT2D eigenvalue weighted by Crippen LogP contribution is -2.19. The van der Waals surface area contributed by atoms with Gasteiger partial charge in [0.15, 0.2) is 0 Å². The first-order valence-electron chi connectivity index (χ1n) is 6.63. The first kappa shape index (κ1) is 15.9. The molecule has 0 aromatic carbocycles. The molecule has 0 amide bonds. The fourth-order valence-corrected chi connectivity index (χ4v) is 1.56. The van der Waals surface area contributed by atoms with Crippen LogP contribution in [0.2, 0.25) is 0 Å². The van der Waals surface area contributed by atoms with Crippen LogP contribution in [0.1, 0.15) is 39.5 Å². The molecular weight excluding hydrogens is 200 g/mol. The van der Waals surface area contributed by atoms with Crippen LogP contribution in [0.4, 0.5) is 0 Å². The first-order valence-corrected chi connectivity index (χ1v) is 6.63. The third-order valence-electron chi connectivity index (χ3n) is 2.54. The zero-order valence-corrected chi connectivity index (χ0v) is 11.6. The summed E-state index contributed by atoms with van der Waals surface area (Å²) in [6, 6.07) is 0. The van der Waals surface area contributed by atoms with Gasteiger partial charge in [0.1, 0.15) is 0 Å². The van der Waals surface area contributed by atoms with Gasteiger partial charge in [0.25, 0.3) is 0 Å². The molecule has 0 aromatic rings. The van der Waals surface area contributed by atoms with Gasteiger partial charge in [-0.3, -0.25) is 0 Å². The van der Waals surface area contributed by atoms with E-state index in [4.69, 9.17) is 4.74 Å². The fraction of sp³-hybridized carbons (Fsp3) is 1.00. The molecule has 16 heavy (non-hydrogen) atoms. The van der Waals surface area contributed by atoms with Crippen molar-refractivity contribution < 1.29 is 4.74 Å². The number of rotatable bonds is 11. The second-order valence-corrected chi connectivity index (χ2v) is 4.73. The largest absolute Gasteiger partial charge is 0.378 e. The molecule has 0 bridgehead atoms. The van der Waals surface area contributed by atoms with Crippen LogP contribution in [0.25, 0.3) is 0 Å². The number of nitrogens with zero attached hydrogens (tertiary/aromatic N) is 1. The average molecular weight is 230 g/mol. The number of ether oxygens (including phenoxy) is 1. The Labute approximate surface area is 102 Å². The summed E-state index contributed by atoms with van der Waals surface area (Å²) in [5.74, 6) is 0. The van der Waals surface area contributed by atoms with Crippen molar-refractivity contribution in [1.29, 1.82) is 0 Å². The molecule has 0 aliphatic heterocycles. The minimum Gasteiger partial charge on any atom is -0.378 e. The summed E-state index contributed by atoms with van der Waals surface area (Å²) < 4.78 is 5.74. The van der Waals surface area contributed by atoms with E-state index in [0.717, 1.165) is 32.7 Å². The van der Waals surface area contributed by atoms with Gasteiger partial charge in [-0.2, -0.15) is 0 Å². The molecule has 3 nitrogen and oxygen atoms in total. The predicted molar refractivity (Wildman–Crippen MR) is 71.0 cm³/mol. The van der Waals surface area contributed by atoms with Crippen LogP contribution < -0.4 is 5.32 Å². The molecule has 0 heterocycles. The molecule has 1 unspecified atom stereocenters. The first-order chi connectivity index (χ1) is 7.66. The van der Waals surface area contributed by atoms with Crippen molar-refractivity contribution in [1.82, 2.24) is 10.2 Å². The SMILES string of the molecule is CCCNCCCC(C)OCCCN(C)C. The van der Waals surface area contributed by atoms with Crippen LogP contribution >= 0.6 is 0 Å². The highest BCUT2D eigenvalue weighted by molar-refractivity contribution is 4.54. The molecule has 0 saturated carbocycles. The molecule has 1 atom stereocenters. The van der Waals surface area contributed by atoms with Gasteiger partial charge in [-0.05, 0) is 66.3 Å². The van der Waals surface area contributed by atoms with E-state index < -0.39 is 0 Å². The smallest absolute Gasteiger partial charge is 0.0547 e. The Bertz CT molecular complexity index is 140. The van der Waals surface area contributed by atoms with Crippen LogP contribution in [-0.2, 0) is 4.74 Å². The molecule has 3 heteroatoms. The highest BCUT2D eigenvalue weighted by Gasteiger charge is 2.01. The third kappa shape index (κ3) is 12.0. The number of hydrogen-bond acceptors (Lipinski definition) is 3. The Hall–Kier alpha value is -0.120. The number of hydrogen-bond donors (Lipinski definition) is 1. The Morgan fingerprint density at radius 3 is 2.56 bits per heavy atom. The Morgan fingerprint density at radius 2 is 1.94 bits per heavy atom. The van der Waals surface area contributed by atoms with E-state index in [1.165, 1.54) is 19.3 Å². The van der Waals surface area contributed by atoms with E-state index in [2.05, 4.69) is 38.2 Å². The lowest BCUT2D eigenvalue weighted by Gasteiger charge is -2.14. The predicted octanol–water partition coefficient (Wildman–Crippen LogP) is 2.12.